The summed E-state index contributed by atoms with van der Waals surface area (Å²) in [5.74, 6) is -1.65. The molecule has 0 atom stereocenters. The van der Waals surface area contributed by atoms with Crippen LogP contribution in [0.5, 0.6) is 0 Å². The summed E-state index contributed by atoms with van der Waals surface area (Å²) >= 11 is 5.55. The van der Waals surface area contributed by atoms with Gasteiger partial charge in [-0.15, -0.1) is 0 Å². The summed E-state index contributed by atoms with van der Waals surface area (Å²) in [5, 5.41) is 6.36. The molecule has 2 rings (SSSR count). The Labute approximate surface area is 124 Å². The molecule has 1 aromatic heterocycles. The van der Waals surface area contributed by atoms with Gasteiger partial charge in [-0.3, -0.25) is 14.3 Å². The molecule has 0 spiro atoms. The molecule has 0 aliphatic carbocycles. The average Bonchev–Trinajstić information content (AvgIpc) is 2.88. The second-order valence-corrected chi connectivity index (χ2v) is 4.49. The van der Waals surface area contributed by atoms with Gasteiger partial charge in [0, 0.05) is 11.8 Å². The van der Waals surface area contributed by atoms with Gasteiger partial charge < -0.3 is 10.1 Å². The third kappa shape index (κ3) is 3.79. The summed E-state index contributed by atoms with van der Waals surface area (Å²) in [5.41, 5.74) is 0.497. The molecule has 0 bridgehead atoms. The fourth-order valence-corrected chi connectivity index (χ4v) is 1.67. The summed E-state index contributed by atoms with van der Waals surface area (Å²) in [6.45, 7) is -0.0675. The number of esters is 1. The number of amides is 1. The van der Waals surface area contributed by atoms with E-state index in [1.807, 2.05) is 0 Å². The first kappa shape index (κ1) is 15.0. The number of nitrogens with zero attached hydrogens (tertiary/aromatic N) is 2. The van der Waals surface area contributed by atoms with E-state index in [0.29, 0.717) is 5.69 Å². The fourth-order valence-electron chi connectivity index (χ4n) is 1.55. The molecule has 2 aromatic rings. The number of hydrogen-bond acceptors (Lipinski definition) is 4. The van der Waals surface area contributed by atoms with Gasteiger partial charge in [0.15, 0.2) is 0 Å². The van der Waals surface area contributed by atoms with Crippen molar-refractivity contribution in [3.05, 3.63) is 47.0 Å². The van der Waals surface area contributed by atoms with E-state index in [9.17, 15) is 14.0 Å². The lowest BCUT2D eigenvalue weighted by Crippen LogP contribution is -2.13. The van der Waals surface area contributed by atoms with Crippen molar-refractivity contribution in [2.24, 2.45) is 0 Å². The first-order valence-electron chi connectivity index (χ1n) is 5.85. The van der Waals surface area contributed by atoms with E-state index < -0.39 is 17.7 Å². The molecule has 1 aromatic carbocycles. The Morgan fingerprint density at radius 2 is 2.24 bits per heavy atom. The quantitative estimate of drug-likeness (QED) is 0.878. The number of carbonyl (C=O) groups is 2. The van der Waals surface area contributed by atoms with Crippen molar-refractivity contribution in [3.63, 3.8) is 0 Å². The normalized spacial score (nSPS) is 10.2. The highest BCUT2D eigenvalue weighted by Crippen LogP contribution is 2.16. The van der Waals surface area contributed by atoms with Crippen LogP contribution in [0.3, 0.4) is 0 Å². The number of nitrogens with one attached hydrogen (secondary N) is 1. The van der Waals surface area contributed by atoms with Gasteiger partial charge in [-0.1, -0.05) is 11.6 Å². The molecular weight excluding hydrogens is 301 g/mol. The summed E-state index contributed by atoms with van der Waals surface area (Å²) in [6.07, 6.45) is 2.83. The Hall–Kier alpha value is -2.41. The number of hydrogen-bond donors (Lipinski definition) is 1. The predicted molar refractivity (Wildman–Crippen MR) is 73.6 cm³/mol. The van der Waals surface area contributed by atoms with Gasteiger partial charge in [0.1, 0.15) is 12.4 Å². The Kier molecular flexibility index (Phi) is 4.54. The standard InChI is InChI=1S/C13H11ClFN3O3/c1-21-12(19)7-18-6-9(5-16-18)17-13(20)8-2-3-10(14)11(15)4-8/h2-6H,7H2,1H3,(H,17,20). The van der Waals surface area contributed by atoms with E-state index in [4.69, 9.17) is 11.6 Å². The molecule has 0 aliphatic rings. The van der Waals surface area contributed by atoms with E-state index in [2.05, 4.69) is 15.2 Å². The van der Waals surface area contributed by atoms with Crippen LogP contribution in [-0.4, -0.2) is 28.8 Å². The molecule has 6 nitrogen and oxygen atoms in total. The smallest absolute Gasteiger partial charge is 0.327 e. The predicted octanol–water partition coefficient (Wildman–Crippen LogP) is 2.10. The van der Waals surface area contributed by atoms with Crippen molar-refractivity contribution >= 4 is 29.2 Å². The van der Waals surface area contributed by atoms with Gasteiger partial charge in [0.2, 0.25) is 0 Å². The number of aromatic nitrogens is 2. The van der Waals surface area contributed by atoms with Gasteiger partial charge in [0.05, 0.1) is 24.0 Å². The molecule has 0 fully saturated rings. The number of rotatable bonds is 4. The minimum absolute atomic E-state index is 0.0579. The van der Waals surface area contributed by atoms with Crippen molar-refractivity contribution < 1.29 is 18.7 Å². The lowest BCUT2D eigenvalue weighted by Gasteiger charge is -2.03. The van der Waals surface area contributed by atoms with Crippen LogP contribution >= 0.6 is 11.6 Å². The van der Waals surface area contributed by atoms with Crippen LogP contribution in [0.4, 0.5) is 10.1 Å². The van der Waals surface area contributed by atoms with Crippen molar-refractivity contribution in [2.45, 2.75) is 6.54 Å². The highest BCUT2D eigenvalue weighted by molar-refractivity contribution is 6.30. The number of anilines is 1. The van der Waals surface area contributed by atoms with Gasteiger partial charge in [-0.2, -0.15) is 5.10 Å². The summed E-state index contributed by atoms with van der Waals surface area (Å²) < 4.78 is 19.1. The third-order valence-electron chi connectivity index (χ3n) is 2.59. The monoisotopic (exact) mass is 311 g/mol. The van der Waals surface area contributed by atoms with E-state index >= 15 is 0 Å². The highest BCUT2D eigenvalue weighted by Gasteiger charge is 2.11. The first-order valence-corrected chi connectivity index (χ1v) is 6.23. The summed E-state index contributed by atoms with van der Waals surface area (Å²) in [6, 6.07) is 3.74. The minimum atomic E-state index is -0.675. The molecule has 21 heavy (non-hydrogen) atoms. The largest absolute Gasteiger partial charge is 0.468 e. The Balaban J connectivity index is 2.05. The number of carbonyl (C=O) groups excluding carboxylic acids is 2. The average molecular weight is 312 g/mol. The van der Waals surface area contributed by atoms with Crippen LogP contribution < -0.4 is 5.32 Å². The van der Waals surface area contributed by atoms with Crippen LogP contribution in [-0.2, 0) is 16.1 Å². The Bertz CT molecular complexity index is 687. The zero-order valence-electron chi connectivity index (χ0n) is 11.0. The molecular formula is C13H11ClFN3O3. The van der Waals surface area contributed by atoms with Crippen molar-refractivity contribution in [3.8, 4) is 0 Å². The van der Waals surface area contributed by atoms with Gasteiger partial charge >= 0.3 is 5.97 Å². The summed E-state index contributed by atoms with van der Waals surface area (Å²) in [4.78, 5) is 23.0. The van der Waals surface area contributed by atoms with Gasteiger partial charge in [-0.25, -0.2) is 4.39 Å². The third-order valence-corrected chi connectivity index (χ3v) is 2.90. The molecule has 0 aliphatic heterocycles. The van der Waals surface area contributed by atoms with Crippen molar-refractivity contribution in [1.82, 2.24) is 9.78 Å². The van der Waals surface area contributed by atoms with Gasteiger partial charge in [-0.05, 0) is 18.2 Å². The Morgan fingerprint density at radius 1 is 1.48 bits per heavy atom. The molecule has 0 saturated heterocycles. The lowest BCUT2D eigenvalue weighted by atomic mass is 10.2. The molecule has 0 radical (unpaired) electrons. The molecule has 1 heterocycles. The SMILES string of the molecule is COC(=O)Cn1cc(NC(=O)c2ccc(Cl)c(F)c2)cn1. The van der Waals surface area contributed by atoms with Crippen LogP contribution in [0, 0.1) is 5.82 Å². The zero-order chi connectivity index (χ0) is 15.4. The van der Waals surface area contributed by atoms with E-state index in [0.717, 1.165) is 6.07 Å². The number of halogens is 2. The second-order valence-electron chi connectivity index (χ2n) is 4.09. The van der Waals surface area contributed by atoms with E-state index in [-0.39, 0.29) is 17.1 Å². The molecule has 110 valence electrons. The molecule has 8 heteroatoms. The van der Waals surface area contributed by atoms with Crippen LogP contribution in [0.1, 0.15) is 10.4 Å². The first-order chi connectivity index (χ1) is 9.99. The zero-order valence-corrected chi connectivity index (χ0v) is 11.7. The van der Waals surface area contributed by atoms with E-state index in [1.54, 1.807) is 0 Å². The second kappa shape index (κ2) is 6.36. The molecule has 1 N–H and O–H groups in total. The summed E-state index contributed by atoms with van der Waals surface area (Å²) in [7, 11) is 1.27. The van der Waals surface area contributed by atoms with Crippen LogP contribution in [0.15, 0.2) is 30.6 Å². The minimum Gasteiger partial charge on any atom is -0.468 e. The topological polar surface area (TPSA) is 73.2 Å². The number of benzene rings is 1. The van der Waals surface area contributed by atoms with Crippen LogP contribution in [0.2, 0.25) is 5.02 Å². The maximum absolute atomic E-state index is 13.3. The van der Waals surface area contributed by atoms with Crippen molar-refractivity contribution in [1.29, 1.82) is 0 Å². The van der Waals surface area contributed by atoms with Gasteiger partial charge in [0.25, 0.3) is 5.91 Å². The lowest BCUT2D eigenvalue weighted by molar-refractivity contribution is -0.141. The van der Waals surface area contributed by atoms with E-state index in [1.165, 1.54) is 36.3 Å². The number of methoxy groups -OCH3 is 1. The maximum atomic E-state index is 13.3. The molecule has 1 amide bonds. The van der Waals surface area contributed by atoms with Crippen molar-refractivity contribution in [2.75, 3.05) is 12.4 Å². The molecule has 0 unspecified atom stereocenters. The molecule has 0 saturated carbocycles. The Morgan fingerprint density at radius 3 is 2.90 bits per heavy atom. The number of ether oxygens (including phenoxy) is 1. The maximum Gasteiger partial charge on any atom is 0.327 e. The highest BCUT2D eigenvalue weighted by atomic mass is 35.5. The fraction of sp³-hybridized carbons (Fsp3) is 0.154. The van der Waals surface area contributed by atoms with Crippen LogP contribution in [0.25, 0.3) is 0 Å².